The van der Waals surface area contributed by atoms with Gasteiger partial charge in [0.1, 0.15) is 6.07 Å². The molecule has 2 nitrogen and oxygen atoms in total. The number of fused-ring (bicyclic) bond motifs is 1. The van der Waals surface area contributed by atoms with Crippen molar-refractivity contribution in [3.05, 3.63) is 60.3 Å². The molecule has 3 aromatic rings. The van der Waals surface area contributed by atoms with Crippen molar-refractivity contribution >= 4 is 10.9 Å². The summed E-state index contributed by atoms with van der Waals surface area (Å²) >= 11 is 0. The van der Waals surface area contributed by atoms with Gasteiger partial charge in [-0.05, 0) is 17.2 Å². The summed E-state index contributed by atoms with van der Waals surface area (Å²) in [5, 5.41) is 9.92. The SMILES string of the molecule is N#Cc1c[nH]c2cc(-c3ccccc3)ccc12. The standard InChI is InChI=1S/C15H10N2/c16-9-13-10-17-15-8-12(6-7-14(13)15)11-4-2-1-3-5-11/h1-8,10,17H. The first-order valence-corrected chi connectivity index (χ1v) is 5.45. The molecule has 0 aliphatic carbocycles. The molecule has 3 rings (SSSR count). The van der Waals surface area contributed by atoms with Crippen LogP contribution in [-0.2, 0) is 0 Å². The molecule has 1 aromatic heterocycles. The number of aromatic nitrogens is 1. The second-order valence-electron chi connectivity index (χ2n) is 3.94. The zero-order valence-electron chi connectivity index (χ0n) is 9.14. The third-order valence-electron chi connectivity index (χ3n) is 2.91. The summed E-state index contributed by atoms with van der Waals surface area (Å²) in [5.41, 5.74) is 4.04. The van der Waals surface area contributed by atoms with Crippen LogP contribution < -0.4 is 0 Å². The van der Waals surface area contributed by atoms with Crippen molar-refractivity contribution in [2.24, 2.45) is 0 Å². The van der Waals surface area contributed by atoms with Gasteiger partial charge in [-0.25, -0.2) is 0 Å². The van der Waals surface area contributed by atoms with Gasteiger partial charge in [-0.15, -0.1) is 0 Å². The molecule has 0 aliphatic heterocycles. The largest absolute Gasteiger partial charge is 0.360 e. The maximum Gasteiger partial charge on any atom is 0.101 e. The Kier molecular flexibility index (Phi) is 2.16. The van der Waals surface area contributed by atoms with E-state index in [1.807, 2.05) is 30.3 Å². The maximum absolute atomic E-state index is 8.94. The van der Waals surface area contributed by atoms with Gasteiger partial charge in [0.05, 0.1) is 5.56 Å². The van der Waals surface area contributed by atoms with E-state index >= 15 is 0 Å². The number of rotatable bonds is 1. The molecule has 17 heavy (non-hydrogen) atoms. The molecule has 0 radical (unpaired) electrons. The molecule has 0 saturated heterocycles. The molecule has 0 amide bonds. The molecule has 1 heterocycles. The molecule has 80 valence electrons. The van der Waals surface area contributed by atoms with E-state index in [1.165, 1.54) is 5.56 Å². The third-order valence-corrected chi connectivity index (χ3v) is 2.91. The van der Waals surface area contributed by atoms with Crippen molar-refractivity contribution < 1.29 is 0 Å². The predicted molar refractivity (Wildman–Crippen MR) is 68.4 cm³/mol. The quantitative estimate of drug-likeness (QED) is 0.664. The Balaban J connectivity index is 2.19. The predicted octanol–water partition coefficient (Wildman–Crippen LogP) is 3.71. The third kappa shape index (κ3) is 1.58. The highest BCUT2D eigenvalue weighted by Crippen LogP contribution is 2.25. The number of benzene rings is 2. The second-order valence-corrected chi connectivity index (χ2v) is 3.94. The summed E-state index contributed by atoms with van der Waals surface area (Å²) in [6.45, 7) is 0. The molecule has 0 atom stereocenters. The van der Waals surface area contributed by atoms with Crippen LogP contribution in [0.5, 0.6) is 0 Å². The fourth-order valence-corrected chi connectivity index (χ4v) is 2.03. The Morgan fingerprint density at radius 1 is 0.941 bits per heavy atom. The summed E-state index contributed by atoms with van der Waals surface area (Å²) in [6, 6.07) is 18.5. The van der Waals surface area contributed by atoms with E-state index in [0.717, 1.165) is 16.5 Å². The zero-order valence-corrected chi connectivity index (χ0v) is 9.14. The van der Waals surface area contributed by atoms with E-state index in [0.29, 0.717) is 5.56 Å². The van der Waals surface area contributed by atoms with Crippen molar-refractivity contribution in [3.63, 3.8) is 0 Å². The van der Waals surface area contributed by atoms with Gasteiger partial charge >= 0.3 is 0 Å². The number of hydrogen-bond acceptors (Lipinski definition) is 1. The molecule has 0 saturated carbocycles. The average molecular weight is 218 g/mol. The highest BCUT2D eigenvalue weighted by molar-refractivity contribution is 5.89. The lowest BCUT2D eigenvalue weighted by Crippen LogP contribution is -1.77. The van der Waals surface area contributed by atoms with Gasteiger partial charge < -0.3 is 4.98 Å². The Hall–Kier alpha value is -2.53. The van der Waals surface area contributed by atoms with Crippen LogP contribution in [0.2, 0.25) is 0 Å². The molecule has 0 spiro atoms. The molecule has 2 aromatic carbocycles. The van der Waals surface area contributed by atoms with Gasteiger partial charge in [0.15, 0.2) is 0 Å². The topological polar surface area (TPSA) is 39.6 Å². The monoisotopic (exact) mass is 218 g/mol. The molecular weight excluding hydrogens is 208 g/mol. The average Bonchev–Trinajstić information content (AvgIpc) is 2.81. The number of nitriles is 1. The van der Waals surface area contributed by atoms with Crippen LogP contribution in [0.4, 0.5) is 0 Å². The lowest BCUT2D eigenvalue weighted by atomic mass is 10.0. The first-order chi connectivity index (χ1) is 8.38. The Morgan fingerprint density at radius 3 is 2.53 bits per heavy atom. The van der Waals surface area contributed by atoms with Crippen molar-refractivity contribution in [2.45, 2.75) is 0 Å². The Bertz CT molecular complexity index is 703. The Morgan fingerprint density at radius 2 is 1.76 bits per heavy atom. The normalized spacial score (nSPS) is 10.3. The maximum atomic E-state index is 8.94. The van der Waals surface area contributed by atoms with E-state index in [-0.39, 0.29) is 0 Å². The number of hydrogen-bond donors (Lipinski definition) is 1. The smallest absolute Gasteiger partial charge is 0.101 e. The molecule has 0 fully saturated rings. The lowest BCUT2D eigenvalue weighted by molar-refractivity contribution is 1.45. The van der Waals surface area contributed by atoms with Crippen LogP contribution in [0.3, 0.4) is 0 Å². The highest BCUT2D eigenvalue weighted by Gasteiger charge is 2.04. The van der Waals surface area contributed by atoms with Crippen molar-refractivity contribution in [2.75, 3.05) is 0 Å². The number of nitrogens with one attached hydrogen (secondary N) is 1. The van der Waals surface area contributed by atoms with E-state index in [1.54, 1.807) is 6.20 Å². The molecule has 0 unspecified atom stereocenters. The van der Waals surface area contributed by atoms with E-state index in [4.69, 9.17) is 5.26 Å². The first kappa shape index (κ1) is 9.68. The van der Waals surface area contributed by atoms with Crippen molar-refractivity contribution in [3.8, 4) is 17.2 Å². The molecule has 1 N–H and O–H groups in total. The van der Waals surface area contributed by atoms with Crippen LogP contribution in [0, 0.1) is 11.3 Å². The van der Waals surface area contributed by atoms with Gasteiger partial charge in [-0.1, -0.05) is 42.5 Å². The first-order valence-electron chi connectivity index (χ1n) is 5.45. The van der Waals surface area contributed by atoms with Gasteiger partial charge in [0.25, 0.3) is 0 Å². The van der Waals surface area contributed by atoms with Crippen molar-refractivity contribution in [1.29, 1.82) is 5.26 Å². The minimum absolute atomic E-state index is 0.694. The number of nitrogens with zero attached hydrogens (tertiary/aromatic N) is 1. The van der Waals surface area contributed by atoms with E-state index in [9.17, 15) is 0 Å². The van der Waals surface area contributed by atoms with Crippen LogP contribution in [0.1, 0.15) is 5.56 Å². The Labute approximate surface area is 99.1 Å². The zero-order chi connectivity index (χ0) is 11.7. The van der Waals surface area contributed by atoms with Gasteiger partial charge in [0.2, 0.25) is 0 Å². The number of aromatic amines is 1. The van der Waals surface area contributed by atoms with Crippen molar-refractivity contribution in [1.82, 2.24) is 4.98 Å². The van der Waals surface area contributed by atoms with Crippen LogP contribution >= 0.6 is 0 Å². The fraction of sp³-hybridized carbons (Fsp3) is 0. The minimum Gasteiger partial charge on any atom is -0.360 e. The van der Waals surface area contributed by atoms with Crippen LogP contribution in [0.15, 0.2) is 54.7 Å². The summed E-state index contributed by atoms with van der Waals surface area (Å²) in [5.74, 6) is 0. The van der Waals surface area contributed by atoms with Gasteiger partial charge in [-0.3, -0.25) is 0 Å². The molecule has 0 aliphatic rings. The van der Waals surface area contributed by atoms with Crippen LogP contribution in [-0.4, -0.2) is 4.98 Å². The summed E-state index contributed by atoms with van der Waals surface area (Å²) in [7, 11) is 0. The molecule has 0 bridgehead atoms. The summed E-state index contributed by atoms with van der Waals surface area (Å²) < 4.78 is 0. The lowest BCUT2D eigenvalue weighted by Gasteiger charge is -2.01. The molecule has 2 heteroatoms. The second kappa shape index (κ2) is 3.80. The van der Waals surface area contributed by atoms with Gasteiger partial charge in [-0.2, -0.15) is 5.26 Å². The summed E-state index contributed by atoms with van der Waals surface area (Å²) in [6.07, 6.45) is 1.75. The van der Waals surface area contributed by atoms with Gasteiger partial charge in [0, 0.05) is 17.1 Å². The van der Waals surface area contributed by atoms with E-state index < -0.39 is 0 Å². The highest BCUT2D eigenvalue weighted by atomic mass is 14.7. The fourth-order valence-electron chi connectivity index (χ4n) is 2.03. The minimum atomic E-state index is 0.694. The van der Waals surface area contributed by atoms with E-state index in [2.05, 4.69) is 29.3 Å². The number of H-pyrrole nitrogens is 1. The summed E-state index contributed by atoms with van der Waals surface area (Å²) in [4.78, 5) is 3.13. The molecular formula is C15H10N2. The van der Waals surface area contributed by atoms with Crippen LogP contribution in [0.25, 0.3) is 22.0 Å².